The van der Waals surface area contributed by atoms with Gasteiger partial charge in [0.25, 0.3) is 5.91 Å². The molecule has 39 heavy (non-hydrogen) atoms. The quantitative estimate of drug-likeness (QED) is 0.316. The number of anilines is 1. The fourth-order valence-corrected chi connectivity index (χ4v) is 5.04. The molecule has 1 atom stereocenters. The van der Waals surface area contributed by atoms with Crippen molar-refractivity contribution in [3.8, 4) is 22.8 Å². The number of sulfonamides is 1. The number of aryl methyl sites for hydroxylation is 1. The van der Waals surface area contributed by atoms with Gasteiger partial charge < -0.3 is 19.2 Å². The van der Waals surface area contributed by atoms with Gasteiger partial charge in [0, 0.05) is 16.7 Å². The van der Waals surface area contributed by atoms with Crippen LogP contribution in [0.2, 0.25) is 5.15 Å². The zero-order valence-electron chi connectivity index (χ0n) is 21.4. The summed E-state index contributed by atoms with van der Waals surface area (Å²) in [6, 6.07) is 11.5. The Morgan fingerprint density at radius 3 is 2.56 bits per heavy atom. The molecule has 2 aromatic heterocycles. The maximum Gasteiger partial charge on any atom is 0.285 e. The lowest BCUT2D eigenvalue weighted by Gasteiger charge is -2.20. The van der Waals surface area contributed by atoms with E-state index in [1.807, 2.05) is 24.6 Å². The van der Waals surface area contributed by atoms with E-state index in [2.05, 4.69) is 10.3 Å². The number of carbonyl (C=O) groups excluding carboxylic acids is 1. The molecule has 1 aliphatic heterocycles. The molecule has 10 nitrogen and oxygen atoms in total. The van der Waals surface area contributed by atoms with Crippen LogP contribution in [0, 0.1) is 13.8 Å². The van der Waals surface area contributed by atoms with Crippen LogP contribution in [0.4, 0.5) is 5.69 Å². The van der Waals surface area contributed by atoms with Crippen LogP contribution in [0.1, 0.15) is 40.1 Å². The highest BCUT2D eigenvalue weighted by atomic mass is 35.5. The minimum atomic E-state index is -3.84. The first-order chi connectivity index (χ1) is 18.4. The maximum absolute atomic E-state index is 13.5. The topological polar surface area (TPSA) is 137 Å². The SMILES string of the molecule is Cc1cc([C@@H](C)Nc2ccc(Cl)nc2C(=O)NS(C)(=O)=O)c2oc(-c3ccc4c(c3)OCO4)c(C)c(=O)c2c1. The van der Waals surface area contributed by atoms with Gasteiger partial charge in [-0.2, -0.15) is 0 Å². The molecular formula is C27H24ClN3O7S. The minimum Gasteiger partial charge on any atom is -0.455 e. The van der Waals surface area contributed by atoms with Crippen molar-refractivity contribution in [2.75, 3.05) is 18.4 Å². The van der Waals surface area contributed by atoms with Crippen molar-refractivity contribution >= 4 is 44.2 Å². The number of benzene rings is 2. The minimum absolute atomic E-state index is 0.0164. The number of hydrogen-bond donors (Lipinski definition) is 2. The average molecular weight is 570 g/mol. The summed E-state index contributed by atoms with van der Waals surface area (Å²) in [7, 11) is -3.84. The van der Waals surface area contributed by atoms with Crippen LogP contribution in [0.3, 0.4) is 0 Å². The molecule has 1 aliphatic rings. The van der Waals surface area contributed by atoms with Gasteiger partial charge in [-0.05, 0) is 62.7 Å². The molecule has 3 heterocycles. The summed E-state index contributed by atoms with van der Waals surface area (Å²) < 4.78 is 42.5. The number of carbonyl (C=O) groups is 1. The van der Waals surface area contributed by atoms with Gasteiger partial charge in [0.15, 0.2) is 22.6 Å². The predicted octanol–water partition coefficient (Wildman–Crippen LogP) is 4.72. The van der Waals surface area contributed by atoms with Crippen LogP contribution in [0.15, 0.2) is 51.7 Å². The number of hydrogen-bond acceptors (Lipinski definition) is 9. The van der Waals surface area contributed by atoms with Crippen molar-refractivity contribution in [1.82, 2.24) is 9.71 Å². The van der Waals surface area contributed by atoms with Crippen LogP contribution < -0.4 is 24.9 Å². The van der Waals surface area contributed by atoms with E-state index >= 15 is 0 Å². The van der Waals surface area contributed by atoms with Gasteiger partial charge >= 0.3 is 0 Å². The third-order valence-electron chi connectivity index (χ3n) is 6.22. The molecular weight excluding hydrogens is 546 g/mol. The van der Waals surface area contributed by atoms with Crippen molar-refractivity contribution in [1.29, 1.82) is 0 Å². The molecule has 0 unspecified atom stereocenters. The monoisotopic (exact) mass is 569 g/mol. The second kappa shape index (κ2) is 9.90. The van der Waals surface area contributed by atoms with E-state index in [4.69, 9.17) is 25.5 Å². The third kappa shape index (κ3) is 5.27. The molecule has 202 valence electrons. The molecule has 0 aliphatic carbocycles. The Morgan fingerprint density at radius 2 is 1.82 bits per heavy atom. The van der Waals surface area contributed by atoms with Crippen molar-refractivity contribution < 1.29 is 27.1 Å². The van der Waals surface area contributed by atoms with Crippen LogP contribution in [-0.2, 0) is 10.0 Å². The first-order valence-electron chi connectivity index (χ1n) is 11.8. The Balaban J connectivity index is 1.61. The van der Waals surface area contributed by atoms with Crippen LogP contribution in [-0.4, -0.2) is 32.4 Å². The number of nitrogens with one attached hydrogen (secondary N) is 2. The van der Waals surface area contributed by atoms with Crippen LogP contribution in [0.5, 0.6) is 11.5 Å². The molecule has 0 fully saturated rings. The molecule has 2 N–H and O–H groups in total. The van der Waals surface area contributed by atoms with E-state index in [0.717, 1.165) is 11.8 Å². The lowest BCUT2D eigenvalue weighted by Crippen LogP contribution is -2.31. The van der Waals surface area contributed by atoms with E-state index in [-0.39, 0.29) is 28.8 Å². The highest BCUT2D eigenvalue weighted by Gasteiger charge is 2.23. The van der Waals surface area contributed by atoms with E-state index in [9.17, 15) is 18.0 Å². The fourth-order valence-electron chi connectivity index (χ4n) is 4.45. The van der Waals surface area contributed by atoms with Crippen molar-refractivity contribution in [3.63, 3.8) is 0 Å². The number of nitrogens with zero attached hydrogens (tertiary/aromatic N) is 1. The van der Waals surface area contributed by atoms with Gasteiger partial charge in [0.05, 0.1) is 23.4 Å². The summed E-state index contributed by atoms with van der Waals surface area (Å²) >= 11 is 5.99. The Morgan fingerprint density at radius 1 is 1.08 bits per heavy atom. The second-order valence-corrected chi connectivity index (χ2v) is 11.4. The van der Waals surface area contributed by atoms with Crippen LogP contribution in [0.25, 0.3) is 22.3 Å². The summed E-state index contributed by atoms with van der Waals surface area (Å²) in [6.07, 6.45) is 0.867. The summed E-state index contributed by atoms with van der Waals surface area (Å²) in [5.41, 5.74) is 2.81. The average Bonchev–Trinajstić information content (AvgIpc) is 3.34. The summed E-state index contributed by atoms with van der Waals surface area (Å²) in [4.78, 5) is 30.2. The van der Waals surface area contributed by atoms with E-state index < -0.39 is 22.0 Å². The normalized spacial score (nSPS) is 13.4. The molecule has 12 heteroatoms. The number of pyridine rings is 1. The molecule has 0 saturated heterocycles. The molecule has 0 saturated carbocycles. The van der Waals surface area contributed by atoms with Crippen molar-refractivity contribution in [2.24, 2.45) is 0 Å². The predicted molar refractivity (Wildman–Crippen MR) is 147 cm³/mol. The van der Waals surface area contributed by atoms with E-state index in [1.165, 1.54) is 12.1 Å². The van der Waals surface area contributed by atoms with Gasteiger partial charge in [0.2, 0.25) is 16.8 Å². The Labute approximate surface area is 229 Å². The summed E-state index contributed by atoms with van der Waals surface area (Å²) in [6.45, 7) is 5.52. The molecule has 0 spiro atoms. The second-order valence-electron chi connectivity index (χ2n) is 9.28. The number of fused-ring (bicyclic) bond motifs is 2. The van der Waals surface area contributed by atoms with Gasteiger partial charge in [-0.25, -0.2) is 18.1 Å². The van der Waals surface area contributed by atoms with E-state index in [1.54, 1.807) is 31.2 Å². The molecule has 0 radical (unpaired) electrons. The number of halogens is 1. The smallest absolute Gasteiger partial charge is 0.285 e. The van der Waals surface area contributed by atoms with Crippen LogP contribution >= 0.6 is 11.6 Å². The number of rotatable bonds is 6. The highest BCUT2D eigenvalue weighted by Crippen LogP contribution is 2.38. The fraction of sp³-hybridized carbons (Fsp3) is 0.222. The number of aromatic nitrogens is 1. The molecule has 2 aromatic carbocycles. The van der Waals surface area contributed by atoms with E-state index in [0.29, 0.717) is 44.9 Å². The zero-order valence-corrected chi connectivity index (χ0v) is 23.0. The first kappa shape index (κ1) is 26.5. The zero-order chi connectivity index (χ0) is 28.1. The van der Waals surface area contributed by atoms with Gasteiger partial charge in [-0.15, -0.1) is 0 Å². The first-order valence-corrected chi connectivity index (χ1v) is 14.1. The molecule has 1 amide bonds. The Bertz CT molecular complexity index is 1820. The van der Waals surface area contributed by atoms with Gasteiger partial charge in [-0.1, -0.05) is 17.7 Å². The van der Waals surface area contributed by atoms with Gasteiger partial charge in [-0.3, -0.25) is 9.59 Å². The Kier molecular flexibility index (Phi) is 6.73. The largest absolute Gasteiger partial charge is 0.455 e. The summed E-state index contributed by atoms with van der Waals surface area (Å²) in [5.74, 6) is 0.630. The van der Waals surface area contributed by atoms with Gasteiger partial charge in [0.1, 0.15) is 16.5 Å². The Hall–Kier alpha value is -4.09. The maximum atomic E-state index is 13.5. The number of amides is 1. The van der Waals surface area contributed by atoms with Crippen molar-refractivity contribution in [3.05, 3.63) is 80.2 Å². The summed E-state index contributed by atoms with van der Waals surface area (Å²) in [5, 5.41) is 3.62. The molecule has 5 rings (SSSR count). The molecule has 0 bridgehead atoms. The standard InChI is InChI=1S/C27H24ClN3O7S/c1-13-9-17(15(3)29-19-6-8-22(28)30-23(19)27(33)31-39(4,34)35)26-18(10-13)24(32)14(2)25(38-26)16-5-7-20-21(11-16)37-12-36-20/h5-11,15,29H,12H2,1-4H3,(H,31,33)/t15-/m1/s1. The lowest BCUT2D eigenvalue weighted by atomic mass is 9.98. The third-order valence-corrected chi connectivity index (χ3v) is 6.99. The highest BCUT2D eigenvalue weighted by molar-refractivity contribution is 7.89. The molecule has 4 aromatic rings. The lowest BCUT2D eigenvalue weighted by molar-refractivity contribution is 0.0977. The van der Waals surface area contributed by atoms with Crippen molar-refractivity contribution in [2.45, 2.75) is 26.8 Å². The number of ether oxygens (including phenoxy) is 2.